The second-order valence-electron chi connectivity index (χ2n) is 1.46. The predicted molar refractivity (Wildman–Crippen MR) is 36.2 cm³/mol. The van der Waals surface area contributed by atoms with E-state index in [-0.39, 0.29) is 11.0 Å². The highest BCUT2D eigenvalue weighted by atomic mass is 35.5. The van der Waals surface area contributed by atoms with Gasteiger partial charge in [-0.2, -0.15) is 0 Å². The smallest absolute Gasteiger partial charge is 0.212 e. The quantitative estimate of drug-likeness (QED) is 0.374. The SMILES string of the molecule is O/N=C(/Cl)c1ncccn1. The van der Waals surface area contributed by atoms with Crippen LogP contribution in [0.15, 0.2) is 23.6 Å². The Kier molecular flexibility index (Phi) is 2.17. The Labute approximate surface area is 62.2 Å². The van der Waals surface area contributed by atoms with E-state index in [0.29, 0.717) is 0 Å². The van der Waals surface area contributed by atoms with Crippen molar-refractivity contribution in [3.63, 3.8) is 0 Å². The van der Waals surface area contributed by atoms with E-state index < -0.39 is 0 Å². The van der Waals surface area contributed by atoms with Gasteiger partial charge < -0.3 is 5.21 Å². The fraction of sp³-hybridized carbons (Fsp3) is 0. The van der Waals surface area contributed by atoms with Gasteiger partial charge in [0, 0.05) is 12.4 Å². The number of halogens is 1. The molecule has 0 saturated carbocycles. The molecule has 1 rings (SSSR count). The Hall–Kier alpha value is -1.16. The average Bonchev–Trinajstić information content (AvgIpc) is 2.05. The molecule has 4 nitrogen and oxygen atoms in total. The summed E-state index contributed by atoms with van der Waals surface area (Å²) in [5.74, 6) is 0.215. The van der Waals surface area contributed by atoms with Crippen molar-refractivity contribution in [1.29, 1.82) is 0 Å². The Morgan fingerprint density at radius 2 is 2.10 bits per heavy atom. The second kappa shape index (κ2) is 3.12. The zero-order valence-electron chi connectivity index (χ0n) is 4.90. The monoisotopic (exact) mass is 157 g/mol. The average molecular weight is 158 g/mol. The van der Waals surface area contributed by atoms with Gasteiger partial charge in [0.25, 0.3) is 0 Å². The van der Waals surface area contributed by atoms with Crippen LogP contribution in [0.3, 0.4) is 0 Å². The van der Waals surface area contributed by atoms with E-state index in [1.54, 1.807) is 6.07 Å². The number of oxime groups is 1. The minimum Gasteiger partial charge on any atom is -0.410 e. The second-order valence-corrected chi connectivity index (χ2v) is 1.82. The first-order valence-corrected chi connectivity index (χ1v) is 2.87. The van der Waals surface area contributed by atoms with Gasteiger partial charge in [0.2, 0.25) is 5.17 Å². The number of hydrogen-bond acceptors (Lipinski definition) is 4. The van der Waals surface area contributed by atoms with Crippen molar-refractivity contribution in [3.05, 3.63) is 24.3 Å². The lowest BCUT2D eigenvalue weighted by Gasteiger charge is -1.89. The molecule has 0 fully saturated rings. The fourth-order valence-corrected chi connectivity index (χ4v) is 0.548. The van der Waals surface area contributed by atoms with E-state index in [9.17, 15) is 0 Å². The predicted octanol–water partition coefficient (Wildman–Crippen LogP) is 0.851. The maximum atomic E-state index is 8.16. The molecule has 0 radical (unpaired) electrons. The van der Waals surface area contributed by atoms with Crippen molar-refractivity contribution in [2.45, 2.75) is 0 Å². The number of rotatable bonds is 1. The van der Waals surface area contributed by atoms with Crippen LogP contribution in [0.4, 0.5) is 0 Å². The molecular formula is C5H4ClN3O. The number of hydrogen-bond donors (Lipinski definition) is 1. The molecule has 1 N–H and O–H groups in total. The van der Waals surface area contributed by atoms with E-state index >= 15 is 0 Å². The van der Waals surface area contributed by atoms with E-state index in [0.717, 1.165) is 0 Å². The molecule has 1 aromatic heterocycles. The van der Waals surface area contributed by atoms with Crippen molar-refractivity contribution in [2.24, 2.45) is 5.16 Å². The minimum absolute atomic E-state index is 0.111. The summed E-state index contributed by atoms with van der Waals surface area (Å²) >= 11 is 5.37. The van der Waals surface area contributed by atoms with Gasteiger partial charge in [-0.05, 0) is 6.07 Å². The molecular weight excluding hydrogens is 154 g/mol. The summed E-state index contributed by atoms with van der Waals surface area (Å²) < 4.78 is 0. The lowest BCUT2D eigenvalue weighted by molar-refractivity contribution is 0.320. The lowest BCUT2D eigenvalue weighted by Crippen LogP contribution is -1.97. The molecule has 10 heavy (non-hydrogen) atoms. The van der Waals surface area contributed by atoms with Crippen molar-refractivity contribution >= 4 is 16.8 Å². The summed E-state index contributed by atoms with van der Waals surface area (Å²) in [6.45, 7) is 0. The van der Waals surface area contributed by atoms with Gasteiger partial charge in [0.05, 0.1) is 0 Å². The van der Waals surface area contributed by atoms with Crippen molar-refractivity contribution in [1.82, 2.24) is 9.97 Å². The summed E-state index contributed by atoms with van der Waals surface area (Å²) in [5.41, 5.74) is 0. The molecule has 1 aromatic rings. The number of aromatic nitrogens is 2. The summed E-state index contributed by atoms with van der Waals surface area (Å²) in [5, 5.41) is 10.8. The highest BCUT2D eigenvalue weighted by Gasteiger charge is 1.99. The zero-order valence-corrected chi connectivity index (χ0v) is 5.65. The molecule has 0 bridgehead atoms. The summed E-state index contributed by atoms with van der Waals surface area (Å²) in [7, 11) is 0. The molecule has 0 atom stereocenters. The van der Waals surface area contributed by atoms with Crippen LogP contribution in [-0.4, -0.2) is 20.3 Å². The minimum atomic E-state index is -0.111. The van der Waals surface area contributed by atoms with E-state index in [1.807, 2.05) is 0 Å². The Morgan fingerprint density at radius 1 is 1.50 bits per heavy atom. The molecule has 5 heteroatoms. The van der Waals surface area contributed by atoms with Crippen LogP contribution >= 0.6 is 11.6 Å². The van der Waals surface area contributed by atoms with Crippen LogP contribution in [0, 0.1) is 0 Å². The fourth-order valence-electron chi connectivity index (χ4n) is 0.450. The van der Waals surface area contributed by atoms with Gasteiger partial charge in [-0.3, -0.25) is 0 Å². The third kappa shape index (κ3) is 1.41. The van der Waals surface area contributed by atoms with E-state index in [2.05, 4.69) is 15.1 Å². The third-order valence-electron chi connectivity index (χ3n) is 0.838. The molecule has 0 saturated heterocycles. The highest BCUT2D eigenvalue weighted by molar-refractivity contribution is 6.68. The number of nitrogens with zero attached hydrogens (tertiary/aromatic N) is 3. The first kappa shape index (κ1) is 6.95. The van der Waals surface area contributed by atoms with Gasteiger partial charge in [-0.1, -0.05) is 16.8 Å². The maximum Gasteiger partial charge on any atom is 0.212 e. The molecule has 0 amide bonds. The first-order chi connectivity index (χ1) is 4.84. The topological polar surface area (TPSA) is 58.4 Å². The zero-order chi connectivity index (χ0) is 7.40. The van der Waals surface area contributed by atoms with Crippen molar-refractivity contribution < 1.29 is 5.21 Å². The van der Waals surface area contributed by atoms with Gasteiger partial charge in [0.1, 0.15) is 0 Å². The Balaban J connectivity index is 2.96. The lowest BCUT2D eigenvalue weighted by atomic mass is 10.6. The van der Waals surface area contributed by atoms with Gasteiger partial charge in [0.15, 0.2) is 5.82 Å². The van der Waals surface area contributed by atoms with Gasteiger partial charge >= 0.3 is 0 Å². The highest BCUT2D eigenvalue weighted by Crippen LogP contribution is 1.94. The summed E-state index contributed by atoms with van der Waals surface area (Å²) in [6, 6.07) is 1.64. The van der Waals surface area contributed by atoms with Crippen LogP contribution < -0.4 is 0 Å². The molecule has 1 heterocycles. The molecule has 0 aliphatic carbocycles. The van der Waals surface area contributed by atoms with Crippen LogP contribution in [-0.2, 0) is 0 Å². The molecule has 0 aliphatic rings. The third-order valence-corrected chi connectivity index (χ3v) is 1.08. The van der Waals surface area contributed by atoms with Crippen LogP contribution in [0.1, 0.15) is 5.82 Å². The maximum absolute atomic E-state index is 8.16. The van der Waals surface area contributed by atoms with Gasteiger partial charge in [-0.15, -0.1) is 0 Å². The molecule has 0 aromatic carbocycles. The van der Waals surface area contributed by atoms with Crippen LogP contribution in [0.5, 0.6) is 0 Å². The van der Waals surface area contributed by atoms with Crippen LogP contribution in [0.25, 0.3) is 0 Å². The standard InChI is InChI=1S/C5H4ClN3O/c6-4(9-10)5-7-2-1-3-8-5/h1-3,10H/b9-4+. The Morgan fingerprint density at radius 3 is 2.60 bits per heavy atom. The summed E-state index contributed by atoms with van der Waals surface area (Å²) in [4.78, 5) is 7.43. The van der Waals surface area contributed by atoms with Crippen LogP contribution in [0.2, 0.25) is 0 Å². The summed E-state index contributed by atoms with van der Waals surface area (Å²) in [6.07, 6.45) is 3.02. The van der Waals surface area contributed by atoms with Crippen molar-refractivity contribution in [2.75, 3.05) is 0 Å². The Bertz CT molecular complexity index is 236. The van der Waals surface area contributed by atoms with Gasteiger partial charge in [-0.25, -0.2) is 9.97 Å². The molecule has 0 spiro atoms. The van der Waals surface area contributed by atoms with Crippen molar-refractivity contribution in [3.8, 4) is 0 Å². The van der Waals surface area contributed by atoms with E-state index in [1.165, 1.54) is 12.4 Å². The normalized spacial score (nSPS) is 11.5. The molecule has 0 aliphatic heterocycles. The molecule has 52 valence electrons. The first-order valence-electron chi connectivity index (χ1n) is 2.49. The van der Waals surface area contributed by atoms with E-state index in [4.69, 9.17) is 16.8 Å². The molecule has 0 unspecified atom stereocenters. The largest absolute Gasteiger partial charge is 0.410 e.